The fraction of sp³-hybridized carbons (Fsp3) is 0.435. The molecule has 1 aliphatic rings. The van der Waals surface area contributed by atoms with E-state index in [2.05, 4.69) is 15.6 Å². The highest BCUT2D eigenvalue weighted by Crippen LogP contribution is 2.44. The van der Waals surface area contributed by atoms with Gasteiger partial charge >= 0.3 is 12.2 Å². The van der Waals surface area contributed by atoms with Crippen LogP contribution in [-0.2, 0) is 16.4 Å². The zero-order valence-electron chi connectivity index (χ0n) is 17.8. The van der Waals surface area contributed by atoms with Gasteiger partial charge in [-0.25, -0.2) is 4.79 Å². The molecule has 2 aromatic rings. The molecule has 32 heavy (non-hydrogen) atoms. The van der Waals surface area contributed by atoms with Crippen molar-refractivity contribution in [3.8, 4) is 0 Å². The van der Waals surface area contributed by atoms with Gasteiger partial charge in [0, 0.05) is 23.0 Å². The summed E-state index contributed by atoms with van der Waals surface area (Å²) in [6.45, 7) is 1.57. The zero-order valence-corrected chi connectivity index (χ0v) is 17.8. The van der Waals surface area contributed by atoms with E-state index in [1.165, 1.54) is 0 Å². The summed E-state index contributed by atoms with van der Waals surface area (Å²) in [5.74, 6) is -0.694. The topological polar surface area (TPSA) is 97.1 Å². The van der Waals surface area contributed by atoms with E-state index in [0.717, 1.165) is 62.1 Å². The summed E-state index contributed by atoms with van der Waals surface area (Å²) in [7, 11) is 0. The van der Waals surface area contributed by atoms with Gasteiger partial charge in [0.25, 0.3) is 0 Å². The van der Waals surface area contributed by atoms with Crippen molar-refractivity contribution in [2.45, 2.75) is 62.6 Å². The summed E-state index contributed by atoms with van der Waals surface area (Å²) >= 11 is 0. The highest BCUT2D eigenvalue weighted by molar-refractivity contribution is 5.95. The number of aromatic nitrogens is 1. The van der Waals surface area contributed by atoms with Crippen LogP contribution in [0.2, 0.25) is 0 Å². The fourth-order valence-electron chi connectivity index (χ4n) is 4.45. The van der Waals surface area contributed by atoms with Crippen LogP contribution in [0, 0.1) is 0 Å². The van der Waals surface area contributed by atoms with Crippen LogP contribution in [0.4, 0.5) is 23.7 Å². The number of carbonyl (C=O) groups excluding carboxylic acids is 2. The summed E-state index contributed by atoms with van der Waals surface area (Å²) in [6.07, 6.45) is 2.18. The second-order valence-electron chi connectivity index (χ2n) is 8.58. The van der Waals surface area contributed by atoms with Gasteiger partial charge in [-0.2, -0.15) is 13.2 Å². The van der Waals surface area contributed by atoms with Gasteiger partial charge in [0.15, 0.2) is 0 Å². The van der Waals surface area contributed by atoms with Gasteiger partial charge in [0.1, 0.15) is 5.54 Å². The monoisotopic (exact) mass is 448 g/mol. The molecular weight excluding hydrogens is 421 g/mol. The number of nitrogens with zero attached hydrogens (tertiary/aromatic N) is 1. The van der Waals surface area contributed by atoms with Crippen molar-refractivity contribution in [1.82, 2.24) is 10.3 Å². The minimum Gasteiger partial charge on any atom is -0.368 e. The third kappa shape index (κ3) is 5.38. The molecule has 1 fully saturated rings. The number of pyridine rings is 1. The number of urea groups is 1. The molecule has 9 heteroatoms. The number of amides is 3. The van der Waals surface area contributed by atoms with Crippen molar-refractivity contribution in [2.24, 2.45) is 5.73 Å². The summed E-state index contributed by atoms with van der Waals surface area (Å²) < 4.78 is 38.2. The molecule has 6 nitrogen and oxygen atoms in total. The Labute approximate surface area is 184 Å². The van der Waals surface area contributed by atoms with Crippen LogP contribution in [0.25, 0.3) is 0 Å². The molecule has 3 rings (SSSR count). The van der Waals surface area contributed by atoms with Gasteiger partial charge in [-0.1, -0.05) is 25.3 Å². The molecule has 1 heterocycles. The third-order valence-electron chi connectivity index (χ3n) is 6.11. The van der Waals surface area contributed by atoms with E-state index in [4.69, 9.17) is 5.73 Å². The number of halogens is 3. The van der Waals surface area contributed by atoms with E-state index in [0.29, 0.717) is 0 Å². The maximum atomic E-state index is 12.7. The van der Waals surface area contributed by atoms with Crippen LogP contribution in [0.5, 0.6) is 0 Å². The minimum absolute atomic E-state index is 0.166. The Balaban J connectivity index is 1.78. The number of benzene rings is 1. The van der Waals surface area contributed by atoms with Crippen molar-refractivity contribution >= 4 is 17.6 Å². The van der Waals surface area contributed by atoms with Gasteiger partial charge < -0.3 is 16.4 Å². The molecule has 0 aliphatic heterocycles. The van der Waals surface area contributed by atoms with Crippen molar-refractivity contribution in [1.29, 1.82) is 0 Å². The molecule has 172 valence electrons. The Hall–Kier alpha value is -3.10. The van der Waals surface area contributed by atoms with Crippen LogP contribution >= 0.6 is 0 Å². The highest BCUT2D eigenvalue weighted by Gasteiger charge is 2.45. The fourth-order valence-corrected chi connectivity index (χ4v) is 4.45. The van der Waals surface area contributed by atoms with E-state index in [-0.39, 0.29) is 12.1 Å². The lowest BCUT2D eigenvalue weighted by molar-refractivity contribution is -0.137. The Bertz CT molecular complexity index is 942. The SMILES string of the molecule is CC(CC1(c2ccccn2)CCCCC1)(NC(=O)Nc1ccc(C(F)(F)F)cc1)C(N)=O. The molecule has 1 aromatic heterocycles. The van der Waals surface area contributed by atoms with Crippen LogP contribution in [0.3, 0.4) is 0 Å². The van der Waals surface area contributed by atoms with Gasteiger partial charge in [-0.15, -0.1) is 0 Å². The van der Waals surface area contributed by atoms with Crippen molar-refractivity contribution in [2.75, 3.05) is 5.32 Å². The largest absolute Gasteiger partial charge is 0.416 e. The number of hydrogen-bond donors (Lipinski definition) is 3. The molecular formula is C23H27F3N4O2. The quantitative estimate of drug-likeness (QED) is 0.594. The van der Waals surface area contributed by atoms with E-state index >= 15 is 0 Å². The number of rotatable bonds is 6. The first-order valence-electron chi connectivity index (χ1n) is 10.5. The lowest BCUT2D eigenvalue weighted by atomic mass is 9.65. The molecule has 1 aliphatic carbocycles. The van der Waals surface area contributed by atoms with E-state index in [1.54, 1.807) is 13.1 Å². The van der Waals surface area contributed by atoms with Crippen molar-refractivity contribution < 1.29 is 22.8 Å². The first-order chi connectivity index (χ1) is 15.0. The number of carbonyl (C=O) groups is 2. The first-order valence-corrected chi connectivity index (χ1v) is 10.5. The first kappa shape index (κ1) is 23.6. The molecule has 0 spiro atoms. The van der Waals surface area contributed by atoms with Crippen LogP contribution < -0.4 is 16.4 Å². The van der Waals surface area contributed by atoms with E-state index in [1.807, 2.05) is 18.2 Å². The lowest BCUT2D eigenvalue weighted by Gasteiger charge is -2.42. The van der Waals surface area contributed by atoms with Crippen molar-refractivity contribution in [3.05, 3.63) is 59.9 Å². The predicted molar refractivity (Wildman–Crippen MR) is 115 cm³/mol. The van der Waals surface area contributed by atoms with Crippen LogP contribution in [0.1, 0.15) is 56.7 Å². The molecule has 0 saturated heterocycles. The molecule has 1 aromatic carbocycles. The van der Waals surface area contributed by atoms with Gasteiger partial charge in [-0.05, 0) is 62.6 Å². The van der Waals surface area contributed by atoms with Crippen molar-refractivity contribution in [3.63, 3.8) is 0 Å². The molecule has 3 amide bonds. The lowest BCUT2D eigenvalue weighted by Crippen LogP contribution is -2.59. The Morgan fingerprint density at radius 2 is 1.72 bits per heavy atom. The Kier molecular flexibility index (Phi) is 6.76. The van der Waals surface area contributed by atoms with Gasteiger partial charge in [0.05, 0.1) is 5.56 Å². The van der Waals surface area contributed by atoms with Gasteiger partial charge in [-0.3, -0.25) is 9.78 Å². The average Bonchev–Trinajstić information content (AvgIpc) is 2.74. The smallest absolute Gasteiger partial charge is 0.368 e. The molecule has 1 unspecified atom stereocenters. The maximum absolute atomic E-state index is 12.7. The number of anilines is 1. The van der Waals surface area contributed by atoms with E-state index in [9.17, 15) is 22.8 Å². The number of nitrogens with two attached hydrogens (primary N) is 1. The number of nitrogens with one attached hydrogen (secondary N) is 2. The Morgan fingerprint density at radius 1 is 1.06 bits per heavy atom. The molecule has 1 saturated carbocycles. The molecule has 0 bridgehead atoms. The van der Waals surface area contributed by atoms with E-state index < -0.39 is 34.6 Å². The maximum Gasteiger partial charge on any atom is 0.416 e. The standard InChI is InChI=1S/C23H27F3N4O2/c1-21(19(27)31,15-22(12-4-2-5-13-22)18-7-3-6-14-28-18)30-20(32)29-17-10-8-16(9-11-17)23(24,25)26/h3,6-11,14H,2,4-5,12-13,15H2,1H3,(H2,27,31)(H2,29,30,32). The normalized spacial score (nSPS) is 17.8. The Morgan fingerprint density at radius 3 is 2.25 bits per heavy atom. The number of primary amides is 1. The summed E-state index contributed by atoms with van der Waals surface area (Å²) in [5, 5.41) is 5.13. The van der Waals surface area contributed by atoms with Crippen LogP contribution in [0.15, 0.2) is 48.7 Å². The third-order valence-corrected chi connectivity index (χ3v) is 6.11. The summed E-state index contributed by atoms with van der Waals surface area (Å²) in [6, 6.07) is 8.98. The second kappa shape index (κ2) is 9.18. The van der Waals surface area contributed by atoms with Gasteiger partial charge in [0.2, 0.25) is 5.91 Å². The second-order valence-corrected chi connectivity index (χ2v) is 8.58. The minimum atomic E-state index is -4.47. The highest BCUT2D eigenvalue weighted by atomic mass is 19.4. The zero-order chi connectivity index (χ0) is 23.4. The molecule has 1 atom stereocenters. The number of alkyl halides is 3. The average molecular weight is 448 g/mol. The number of hydrogen-bond acceptors (Lipinski definition) is 3. The molecule has 4 N–H and O–H groups in total. The molecule has 0 radical (unpaired) electrons. The predicted octanol–water partition coefficient (Wildman–Crippen LogP) is 4.76. The van der Waals surface area contributed by atoms with Crippen LogP contribution in [-0.4, -0.2) is 22.5 Å². The summed E-state index contributed by atoms with van der Waals surface area (Å²) in [5.41, 5.74) is 4.12. The summed E-state index contributed by atoms with van der Waals surface area (Å²) in [4.78, 5) is 29.6.